The summed E-state index contributed by atoms with van der Waals surface area (Å²) in [6.45, 7) is 7.36. The molecule has 0 bridgehead atoms. The number of carbonyl (C=O) groups is 1. The Bertz CT molecular complexity index is 436. The third-order valence-corrected chi connectivity index (χ3v) is 3.82. The van der Waals surface area contributed by atoms with E-state index in [4.69, 9.17) is 10.5 Å². The van der Waals surface area contributed by atoms with E-state index in [0.717, 1.165) is 22.6 Å². The van der Waals surface area contributed by atoms with E-state index in [0.29, 0.717) is 18.9 Å². The maximum Gasteiger partial charge on any atom is 0.230 e. The molecule has 0 aliphatic rings. The van der Waals surface area contributed by atoms with Crippen LogP contribution in [-0.2, 0) is 9.53 Å². The van der Waals surface area contributed by atoms with Crippen LogP contribution in [0.2, 0.25) is 0 Å². The molecule has 0 unspecified atom stereocenters. The van der Waals surface area contributed by atoms with Crippen molar-refractivity contribution in [2.75, 3.05) is 24.6 Å². The molecule has 1 amide bonds. The van der Waals surface area contributed by atoms with E-state index in [-0.39, 0.29) is 12.0 Å². The van der Waals surface area contributed by atoms with E-state index in [9.17, 15) is 4.79 Å². The molecule has 0 aliphatic carbocycles. The summed E-state index contributed by atoms with van der Waals surface area (Å²) in [5.74, 6) is 0.455. The highest BCUT2D eigenvalue weighted by Gasteiger charge is 2.05. The van der Waals surface area contributed by atoms with Gasteiger partial charge < -0.3 is 15.8 Å². The SMILES string of the molecule is Cc1ccc(N)cc1SCC(=O)NCCCOC(C)C. The second-order valence-electron chi connectivity index (χ2n) is 4.94. The van der Waals surface area contributed by atoms with Gasteiger partial charge in [0.05, 0.1) is 11.9 Å². The first-order valence-corrected chi connectivity index (χ1v) is 7.85. The average Bonchev–Trinajstić information content (AvgIpc) is 2.39. The number of nitrogens with one attached hydrogen (secondary N) is 1. The van der Waals surface area contributed by atoms with Crippen molar-refractivity contribution in [1.29, 1.82) is 0 Å². The third kappa shape index (κ3) is 6.82. The van der Waals surface area contributed by atoms with Crippen LogP contribution in [0, 0.1) is 6.92 Å². The van der Waals surface area contributed by atoms with Gasteiger partial charge in [-0.05, 0) is 44.9 Å². The molecule has 1 rings (SSSR count). The van der Waals surface area contributed by atoms with Gasteiger partial charge in [-0.2, -0.15) is 0 Å². The first-order chi connectivity index (χ1) is 9.49. The summed E-state index contributed by atoms with van der Waals surface area (Å²) in [6.07, 6.45) is 1.08. The number of hydrogen-bond donors (Lipinski definition) is 2. The molecule has 0 heterocycles. The van der Waals surface area contributed by atoms with Gasteiger partial charge in [0.1, 0.15) is 0 Å². The van der Waals surface area contributed by atoms with E-state index >= 15 is 0 Å². The normalized spacial score (nSPS) is 10.8. The van der Waals surface area contributed by atoms with Gasteiger partial charge in [-0.3, -0.25) is 4.79 Å². The Balaban J connectivity index is 2.21. The Morgan fingerprint density at radius 1 is 1.45 bits per heavy atom. The molecule has 0 saturated carbocycles. The molecule has 5 heteroatoms. The monoisotopic (exact) mass is 296 g/mol. The van der Waals surface area contributed by atoms with Crippen LogP contribution < -0.4 is 11.1 Å². The highest BCUT2D eigenvalue weighted by Crippen LogP contribution is 2.24. The van der Waals surface area contributed by atoms with E-state index in [2.05, 4.69) is 5.32 Å². The second-order valence-corrected chi connectivity index (χ2v) is 5.95. The first-order valence-electron chi connectivity index (χ1n) is 6.86. The molecule has 0 spiro atoms. The van der Waals surface area contributed by atoms with Gasteiger partial charge in [0.15, 0.2) is 0 Å². The standard InChI is InChI=1S/C15H24N2O2S/c1-11(2)19-8-4-7-17-15(18)10-20-14-9-13(16)6-5-12(14)3/h5-6,9,11H,4,7-8,10,16H2,1-3H3,(H,17,18). The summed E-state index contributed by atoms with van der Waals surface area (Å²) in [5, 5.41) is 2.89. The van der Waals surface area contributed by atoms with Crippen molar-refractivity contribution >= 4 is 23.4 Å². The lowest BCUT2D eigenvalue weighted by Gasteiger charge is -2.09. The number of amides is 1. The molecule has 112 valence electrons. The Labute approximate surface area is 125 Å². The number of ether oxygens (including phenoxy) is 1. The Morgan fingerprint density at radius 2 is 2.20 bits per heavy atom. The highest BCUT2D eigenvalue weighted by molar-refractivity contribution is 8.00. The summed E-state index contributed by atoms with van der Waals surface area (Å²) in [5.41, 5.74) is 7.61. The topological polar surface area (TPSA) is 64.4 Å². The fourth-order valence-electron chi connectivity index (χ4n) is 1.59. The smallest absolute Gasteiger partial charge is 0.230 e. The van der Waals surface area contributed by atoms with Gasteiger partial charge in [-0.25, -0.2) is 0 Å². The third-order valence-electron chi connectivity index (χ3n) is 2.67. The van der Waals surface area contributed by atoms with Crippen molar-refractivity contribution in [1.82, 2.24) is 5.32 Å². The summed E-state index contributed by atoms with van der Waals surface area (Å²) < 4.78 is 5.41. The molecule has 0 radical (unpaired) electrons. The molecule has 3 N–H and O–H groups in total. The van der Waals surface area contributed by atoms with Crippen LogP contribution in [0.3, 0.4) is 0 Å². The zero-order valence-electron chi connectivity index (χ0n) is 12.4. The van der Waals surface area contributed by atoms with Crippen LogP contribution in [-0.4, -0.2) is 30.9 Å². The number of aryl methyl sites for hydroxylation is 1. The maximum atomic E-state index is 11.7. The minimum atomic E-state index is 0.0429. The molecule has 0 aromatic heterocycles. The second kappa shape index (κ2) is 8.87. The van der Waals surface area contributed by atoms with Crippen LogP contribution in [0.5, 0.6) is 0 Å². The van der Waals surface area contributed by atoms with Gasteiger partial charge >= 0.3 is 0 Å². The largest absolute Gasteiger partial charge is 0.399 e. The maximum absolute atomic E-state index is 11.7. The summed E-state index contributed by atoms with van der Waals surface area (Å²) in [6, 6.07) is 5.75. The molecular formula is C15H24N2O2S. The lowest BCUT2D eigenvalue weighted by Crippen LogP contribution is -2.27. The molecule has 20 heavy (non-hydrogen) atoms. The van der Waals surface area contributed by atoms with Crippen LogP contribution in [0.4, 0.5) is 5.69 Å². The van der Waals surface area contributed by atoms with Crippen LogP contribution in [0.15, 0.2) is 23.1 Å². The Morgan fingerprint density at radius 3 is 2.90 bits per heavy atom. The summed E-state index contributed by atoms with van der Waals surface area (Å²) in [7, 11) is 0. The van der Waals surface area contributed by atoms with Crippen LogP contribution in [0.1, 0.15) is 25.8 Å². The number of hydrogen-bond acceptors (Lipinski definition) is 4. The number of nitrogen functional groups attached to an aromatic ring is 1. The van der Waals surface area contributed by atoms with Gasteiger partial charge in [0, 0.05) is 23.7 Å². The molecule has 4 nitrogen and oxygen atoms in total. The quantitative estimate of drug-likeness (QED) is 0.440. The van der Waals surface area contributed by atoms with Crippen molar-refractivity contribution in [3.8, 4) is 0 Å². The zero-order chi connectivity index (χ0) is 15.0. The average molecular weight is 296 g/mol. The highest BCUT2D eigenvalue weighted by atomic mass is 32.2. The van der Waals surface area contributed by atoms with Gasteiger partial charge in [-0.15, -0.1) is 11.8 Å². The predicted molar refractivity (Wildman–Crippen MR) is 85.0 cm³/mol. The van der Waals surface area contributed by atoms with E-state index in [1.54, 1.807) is 0 Å². The molecule has 1 aromatic rings. The van der Waals surface area contributed by atoms with E-state index in [1.807, 2.05) is 39.0 Å². The summed E-state index contributed by atoms with van der Waals surface area (Å²) >= 11 is 1.51. The minimum Gasteiger partial charge on any atom is -0.399 e. The molecule has 0 fully saturated rings. The Hall–Kier alpha value is -1.20. The van der Waals surface area contributed by atoms with Crippen LogP contribution in [0.25, 0.3) is 0 Å². The number of carbonyl (C=O) groups excluding carboxylic acids is 1. The van der Waals surface area contributed by atoms with Crippen molar-refractivity contribution < 1.29 is 9.53 Å². The van der Waals surface area contributed by atoms with Crippen molar-refractivity contribution in [3.05, 3.63) is 23.8 Å². The molecule has 0 aliphatic heterocycles. The molecular weight excluding hydrogens is 272 g/mol. The predicted octanol–water partition coefficient (Wildman–Crippen LogP) is 2.60. The van der Waals surface area contributed by atoms with Gasteiger partial charge in [0.2, 0.25) is 5.91 Å². The van der Waals surface area contributed by atoms with Gasteiger partial charge in [0.25, 0.3) is 0 Å². The van der Waals surface area contributed by atoms with Crippen molar-refractivity contribution in [2.45, 2.75) is 38.2 Å². The number of rotatable bonds is 8. The fourth-order valence-corrected chi connectivity index (χ4v) is 2.49. The molecule has 0 atom stereocenters. The number of nitrogens with two attached hydrogens (primary N) is 1. The number of anilines is 1. The lowest BCUT2D eigenvalue weighted by atomic mass is 10.2. The first kappa shape index (κ1) is 16.9. The van der Waals surface area contributed by atoms with Crippen LogP contribution >= 0.6 is 11.8 Å². The number of thioether (sulfide) groups is 1. The van der Waals surface area contributed by atoms with E-state index < -0.39 is 0 Å². The zero-order valence-corrected chi connectivity index (χ0v) is 13.3. The fraction of sp³-hybridized carbons (Fsp3) is 0.533. The van der Waals surface area contributed by atoms with Crippen molar-refractivity contribution in [3.63, 3.8) is 0 Å². The van der Waals surface area contributed by atoms with E-state index in [1.165, 1.54) is 11.8 Å². The minimum absolute atomic E-state index is 0.0429. The molecule has 0 saturated heterocycles. The van der Waals surface area contributed by atoms with Crippen molar-refractivity contribution in [2.24, 2.45) is 0 Å². The lowest BCUT2D eigenvalue weighted by molar-refractivity contribution is -0.118. The molecule has 1 aromatic carbocycles. The number of benzene rings is 1. The summed E-state index contributed by atoms with van der Waals surface area (Å²) in [4.78, 5) is 12.8. The Kier molecular flexibility index (Phi) is 7.47. The van der Waals surface area contributed by atoms with Gasteiger partial charge in [-0.1, -0.05) is 6.07 Å².